The normalized spacial score (nSPS) is 33.6. The Balaban J connectivity index is 1.51. The van der Waals surface area contributed by atoms with Gasteiger partial charge in [0, 0.05) is 18.7 Å². The summed E-state index contributed by atoms with van der Waals surface area (Å²) in [6.07, 6.45) is 8.88. The molecule has 1 aromatic heterocycles. The summed E-state index contributed by atoms with van der Waals surface area (Å²) >= 11 is 0. The van der Waals surface area contributed by atoms with Crippen molar-refractivity contribution in [1.82, 2.24) is 9.78 Å². The Hall–Kier alpha value is -2.36. The summed E-state index contributed by atoms with van der Waals surface area (Å²) in [6.45, 7) is 2.20. The van der Waals surface area contributed by atoms with Crippen LogP contribution in [-0.4, -0.2) is 20.7 Å². The van der Waals surface area contributed by atoms with Crippen LogP contribution in [0.3, 0.4) is 0 Å². The molecule has 2 fully saturated rings. The van der Waals surface area contributed by atoms with Crippen molar-refractivity contribution in [1.29, 1.82) is 0 Å². The molecular weight excluding hydrogens is 336 g/mol. The molecule has 27 heavy (non-hydrogen) atoms. The number of aryl methyl sites for hydroxylation is 2. The SMILES string of the molecule is Cn1nccc1/C=C1\C[C@@H]2[C@@H]3CCc4cc(O)ccc4[C@@H]3CC[C@]2(C)C1=O. The predicted octanol–water partition coefficient (Wildman–Crippen LogP) is 4.24. The highest BCUT2D eigenvalue weighted by Gasteiger charge is 2.56. The Kier molecular flexibility index (Phi) is 3.62. The maximum atomic E-state index is 13.3. The molecule has 5 rings (SSSR count). The van der Waals surface area contributed by atoms with E-state index in [0.29, 0.717) is 29.3 Å². The third kappa shape index (κ3) is 2.42. The van der Waals surface area contributed by atoms with Crippen molar-refractivity contribution in [2.75, 3.05) is 0 Å². The van der Waals surface area contributed by atoms with Gasteiger partial charge in [-0.3, -0.25) is 9.48 Å². The molecule has 0 amide bonds. The summed E-state index contributed by atoms with van der Waals surface area (Å²) in [7, 11) is 1.92. The zero-order valence-corrected chi connectivity index (χ0v) is 16.0. The molecule has 4 atom stereocenters. The van der Waals surface area contributed by atoms with Crippen LogP contribution >= 0.6 is 0 Å². The number of hydrogen-bond acceptors (Lipinski definition) is 3. The summed E-state index contributed by atoms with van der Waals surface area (Å²) in [5.41, 5.74) is 4.46. The lowest BCUT2D eigenvalue weighted by Crippen LogP contribution is -2.42. The summed E-state index contributed by atoms with van der Waals surface area (Å²) in [6, 6.07) is 7.85. The van der Waals surface area contributed by atoms with Gasteiger partial charge in [0.05, 0.1) is 5.69 Å². The van der Waals surface area contributed by atoms with Crippen molar-refractivity contribution < 1.29 is 9.90 Å². The van der Waals surface area contributed by atoms with Crippen LogP contribution in [0.4, 0.5) is 0 Å². The Labute approximate surface area is 159 Å². The number of allylic oxidation sites excluding steroid dienone is 1. The van der Waals surface area contributed by atoms with Crippen LogP contribution in [0, 0.1) is 17.3 Å². The molecule has 3 aliphatic rings. The first-order valence-corrected chi connectivity index (χ1v) is 10.0. The quantitative estimate of drug-likeness (QED) is 0.772. The van der Waals surface area contributed by atoms with E-state index in [1.54, 1.807) is 6.20 Å². The number of phenolic OH excluding ortho intramolecular Hbond substituents is 1. The van der Waals surface area contributed by atoms with Crippen molar-refractivity contribution in [2.24, 2.45) is 24.3 Å². The fraction of sp³-hybridized carbons (Fsp3) is 0.478. The van der Waals surface area contributed by atoms with E-state index in [0.717, 1.165) is 43.4 Å². The fourth-order valence-electron chi connectivity index (χ4n) is 6.07. The molecule has 3 aliphatic carbocycles. The maximum absolute atomic E-state index is 13.3. The molecule has 0 saturated heterocycles. The molecule has 1 N–H and O–H groups in total. The number of rotatable bonds is 1. The zero-order chi connectivity index (χ0) is 18.8. The second-order valence-electron chi connectivity index (χ2n) is 8.84. The third-order valence-corrected chi connectivity index (χ3v) is 7.53. The molecule has 4 nitrogen and oxygen atoms in total. The molecule has 2 aromatic rings. The number of carbonyl (C=O) groups excluding carboxylic acids is 1. The van der Waals surface area contributed by atoms with E-state index >= 15 is 0 Å². The number of aromatic hydroxyl groups is 1. The molecule has 1 heterocycles. The summed E-state index contributed by atoms with van der Waals surface area (Å²) in [5, 5.41) is 14.1. The third-order valence-electron chi connectivity index (χ3n) is 7.53. The van der Waals surface area contributed by atoms with Gasteiger partial charge in [0.1, 0.15) is 5.75 Å². The number of benzene rings is 1. The number of carbonyl (C=O) groups is 1. The standard InChI is InChI=1S/C23H26N2O2/c1-23-9-7-19-18-6-4-17(26)12-14(18)3-5-20(19)21(23)13-15(22(23)27)11-16-8-10-24-25(16)2/h4,6,8,10-12,19-21,26H,3,5,7,9,13H2,1-2H3/b15-11+/t19-,20+,21+,23-/m0/s1. The average Bonchev–Trinajstić information content (AvgIpc) is 3.17. The first kappa shape index (κ1) is 16.8. The highest BCUT2D eigenvalue weighted by molar-refractivity contribution is 6.05. The number of aromatic nitrogens is 2. The second-order valence-corrected chi connectivity index (χ2v) is 8.84. The number of ketones is 1. The lowest BCUT2D eigenvalue weighted by Gasteiger charge is -2.48. The minimum atomic E-state index is -0.222. The smallest absolute Gasteiger partial charge is 0.165 e. The highest BCUT2D eigenvalue weighted by atomic mass is 16.3. The molecule has 140 valence electrons. The van der Waals surface area contributed by atoms with Crippen LogP contribution in [0.15, 0.2) is 36.0 Å². The van der Waals surface area contributed by atoms with Crippen molar-refractivity contribution in [3.8, 4) is 5.75 Å². The summed E-state index contributed by atoms with van der Waals surface area (Å²) in [4.78, 5) is 13.3. The molecule has 0 radical (unpaired) electrons. The van der Waals surface area contributed by atoms with Crippen molar-refractivity contribution in [3.05, 3.63) is 52.9 Å². The number of hydrogen-bond donors (Lipinski definition) is 1. The van der Waals surface area contributed by atoms with Gasteiger partial charge >= 0.3 is 0 Å². The number of nitrogens with zero attached hydrogens (tertiary/aromatic N) is 2. The first-order chi connectivity index (χ1) is 13.0. The lowest BCUT2D eigenvalue weighted by molar-refractivity contribution is -0.127. The topological polar surface area (TPSA) is 55.1 Å². The Morgan fingerprint density at radius 1 is 1.30 bits per heavy atom. The van der Waals surface area contributed by atoms with E-state index in [1.165, 1.54) is 11.1 Å². The largest absolute Gasteiger partial charge is 0.508 e. The van der Waals surface area contributed by atoms with Gasteiger partial charge in [0.25, 0.3) is 0 Å². The molecule has 0 spiro atoms. The van der Waals surface area contributed by atoms with Crippen molar-refractivity contribution >= 4 is 11.9 Å². The molecule has 2 saturated carbocycles. The summed E-state index contributed by atoms with van der Waals surface area (Å²) in [5.74, 6) is 2.22. The maximum Gasteiger partial charge on any atom is 0.165 e. The van der Waals surface area contributed by atoms with Gasteiger partial charge in [-0.1, -0.05) is 13.0 Å². The highest BCUT2D eigenvalue weighted by Crippen LogP contribution is 2.60. The van der Waals surface area contributed by atoms with Crippen LogP contribution in [0.1, 0.15) is 55.3 Å². The average molecular weight is 362 g/mol. The van der Waals surface area contributed by atoms with Crippen LogP contribution in [0.2, 0.25) is 0 Å². The fourth-order valence-corrected chi connectivity index (χ4v) is 6.07. The second kappa shape index (κ2) is 5.82. The first-order valence-electron chi connectivity index (χ1n) is 10.0. The van der Waals surface area contributed by atoms with E-state index in [9.17, 15) is 9.90 Å². The van der Waals surface area contributed by atoms with Crippen molar-refractivity contribution in [3.63, 3.8) is 0 Å². The van der Waals surface area contributed by atoms with Gasteiger partial charge in [0.2, 0.25) is 0 Å². The van der Waals surface area contributed by atoms with Gasteiger partial charge in [-0.15, -0.1) is 0 Å². The minimum absolute atomic E-state index is 0.222. The van der Waals surface area contributed by atoms with Gasteiger partial charge in [0.15, 0.2) is 5.78 Å². The zero-order valence-electron chi connectivity index (χ0n) is 16.0. The number of fused-ring (bicyclic) bond motifs is 5. The minimum Gasteiger partial charge on any atom is -0.508 e. The van der Waals surface area contributed by atoms with E-state index in [-0.39, 0.29) is 5.41 Å². The van der Waals surface area contributed by atoms with Gasteiger partial charge in [-0.2, -0.15) is 5.10 Å². The van der Waals surface area contributed by atoms with E-state index < -0.39 is 0 Å². The Bertz CT molecular complexity index is 957. The Morgan fingerprint density at radius 3 is 2.93 bits per heavy atom. The van der Waals surface area contributed by atoms with Crippen LogP contribution in [0.5, 0.6) is 5.75 Å². The molecule has 0 unspecified atom stereocenters. The van der Waals surface area contributed by atoms with Crippen LogP contribution in [0.25, 0.3) is 6.08 Å². The van der Waals surface area contributed by atoms with Crippen molar-refractivity contribution in [2.45, 2.75) is 44.9 Å². The van der Waals surface area contributed by atoms with E-state index in [2.05, 4.69) is 24.2 Å². The molecule has 4 heteroatoms. The molecule has 0 aliphatic heterocycles. The molecule has 1 aromatic carbocycles. The van der Waals surface area contributed by atoms with Crippen LogP contribution in [-0.2, 0) is 18.3 Å². The van der Waals surface area contributed by atoms with Crippen LogP contribution < -0.4 is 0 Å². The van der Waals surface area contributed by atoms with E-state index in [1.807, 2.05) is 29.9 Å². The molecule has 0 bridgehead atoms. The summed E-state index contributed by atoms with van der Waals surface area (Å²) < 4.78 is 1.83. The van der Waals surface area contributed by atoms with E-state index in [4.69, 9.17) is 0 Å². The molecular formula is C23H26N2O2. The monoisotopic (exact) mass is 362 g/mol. The predicted molar refractivity (Wildman–Crippen MR) is 104 cm³/mol. The van der Waals surface area contributed by atoms with Gasteiger partial charge < -0.3 is 5.11 Å². The number of phenols is 1. The Morgan fingerprint density at radius 2 is 2.15 bits per heavy atom. The van der Waals surface area contributed by atoms with Gasteiger partial charge in [-0.05, 0) is 90.8 Å². The van der Waals surface area contributed by atoms with Gasteiger partial charge in [-0.25, -0.2) is 0 Å². The lowest BCUT2D eigenvalue weighted by atomic mass is 9.55. The number of Topliss-reactive ketones (excluding diaryl/α,β-unsaturated/α-hetero) is 1.